The lowest BCUT2D eigenvalue weighted by molar-refractivity contribution is 1.00. The molecule has 1 aromatic carbocycles. The molecule has 0 aliphatic heterocycles. The molecule has 0 saturated heterocycles. The quantitative estimate of drug-likeness (QED) is 0.639. The van der Waals surface area contributed by atoms with Crippen molar-refractivity contribution in [2.24, 2.45) is 5.84 Å². The highest BCUT2D eigenvalue weighted by atomic mass is 15.3. The van der Waals surface area contributed by atoms with E-state index in [1.165, 1.54) is 5.56 Å². The van der Waals surface area contributed by atoms with Crippen molar-refractivity contribution in [3.63, 3.8) is 0 Å². The Balaban J connectivity index is 2.41. The number of aromatic nitrogens is 2. The molecule has 0 amide bonds. The molecule has 2 rings (SSSR count). The number of benzene rings is 1. The number of aryl methyl sites for hydroxylation is 2. The van der Waals surface area contributed by atoms with Crippen molar-refractivity contribution in [1.29, 1.82) is 0 Å². The molecular weight excluding hydrogens is 224 g/mol. The van der Waals surface area contributed by atoms with Crippen LogP contribution in [0, 0.1) is 0 Å². The zero-order chi connectivity index (χ0) is 13.0. The number of nitrogens with one attached hydrogen (secondary N) is 1. The Morgan fingerprint density at radius 3 is 2.33 bits per heavy atom. The van der Waals surface area contributed by atoms with Gasteiger partial charge >= 0.3 is 0 Å². The maximum absolute atomic E-state index is 5.43. The molecule has 3 N–H and O–H groups in total. The predicted molar refractivity (Wildman–Crippen MR) is 74.0 cm³/mol. The zero-order valence-electron chi connectivity index (χ0n) is 10.8. The molecule has 0 aliphatic carbocycles. The van der Waals surface area contributed by atoms with Crippen LogP contribution in [-0.2, 0) is 12.8 Å². The van der Waals surface area contributed by atoms with Crippen LogP contribution in [-0.4, -0.2) is 9.97 Å². The summed E-state index contributed by atoms with van der Waals surface area (Å²) in [6.07, 6.45) is 1.89. The molecule has 0 bridgehead atoms. The van der Waals surface area contributed by atoms with Crippen molar-refractivity contribution in [2.45, 2.75) is 26.7 Å². The highest BCUT2D eigenvalue weighted by Gasteiger charge is 2.05. The van der Waals surface area contributed by atoms with Crippen molar-refractivity contribution in [3.05, 3.63) is 41.6 Å². The van der Waals surface area contributed by atoms with Crippen LogP contribution in [0.3, 0.4) is 0 Å². The van der Waals surface area contributed by atoms with Crippen LogP contribution in [0.1, 0.15) is 25.1 Å². The molecule has 4 heteroatoms. The molecule has 1 heterocycles. The van der Waals surface area contributed by atoms with Crippen molar-refractivity contribution >= 4 is 5.82 Å². The van der Waals surface area contributed by atoms with Gasteiger partial charge in [-0.15, -0.1) is 0 Å². The van der Waals surface area contributed by atoms with E-state index in [9.17, 15) is 0 Å². The van der Waals surface area contributed by atoms with E-state index < -0.39 is 0 Å². The Morgan fingerprint density at radius 1 is 1.06 bits per heavy atom. The standard InChI is InChI=1S/C14H18N4/c1-3-10-5-7-11(8-6-10)14-16-12(4-2)9-13(17-14)18-15/h5-9H,3-4,15H2,1-2H3,(H,16,17,18). The van der Waals surface area contributed by atoms with Crippen LogP contribution in [0.2, 0.25) is 0 Å². The fourth-order valence-electron chi connectivity index (χ4n) is 1.77. The number of hydrogen-bond donors (Lipinski definition) is 2. The maximum Gasteiger partial charge on any atom is 0.161 e. The van der Waals surface area contributed by atoms with E-state index in [0.29, 0.717) is 11.6 Å². The Kier molecular flexibility index (Phi) is 3.89. The first-order chi connectivity index (χ1) is 8.76. The molecule has 0 aliphatic rings. The van der Waals surface area contributed by atoms with Crippen molar-refractivity contribution in [3.8, 4) is 11.4 Å². The monoisotopic (exact) mass is 242 g/mol. The molecule has 94 valence electrons. The Hall–Kier alpha value is -1.94. The molecule has 1 aromatic heterocycles. The van der Waals surface area contributed by atoms with Gasteiger partial charge < -0.3 is 5.43 Å². The Bertz CT molecular complexity index is 498. The van der Waals surface area contributed by atoms with Crippen LogP contribution in [0.4, 0.5) is 5.82 Å². The molecule has 0 radical (unpaired) electrons. The number of anilines is 1. The minimum Gasteiger partial charge on any atom is -0.308 e. The summed E-state index contributed by atoms with van der Waals surface area (Å²) in [6.45, 7) is 4.20. The van der Waals surface area contributed by atoms with Crippen LogP contribution in [0.5, 0.6) is 0 Å². The molecule has 2 aromatic rings. The highest BCUT2D eigenvalue weighted by Crippen LogP contribution is 2.18. The average molecular weight is 242 g/mol. The van der Waals surface area contributed by atoms with Gasteiger partial charge in [0.05, 0.1) is 0 Å². The minimum absolute atomic E-state index is 0.649. The molecule has 0 spiro atoms. The van der Waals surface area contributed by atoms with Gasteiger partial charge in [-0.1, -0.05) is 38.1 Å². The van der Waals surface area contributed by atoms with Crippen LogP contribution < -0.4 is 11.3 Å². The molecular formula is C14H18N4. The third-order valence-electron chi connectivity index (χ3n) is 2.91. The lowest BCUT2D eigenvalue weighted by atomic mass is 10.1. The number of rotatable bonds is 4. The largest absolute Gasteiger partial charge is 0.308 e. The normalized spacial score (nSPS) is 10.4. The molecule has 4 nitrogen and oxygen atoms in total. The summed E-state index contributed by atoms with van der Waals surface area (Å²) in [5.41, 5.74) is 5.88. The summed E-state index contributed by atoms with van der Waals surface area (Å²) in [5.74, 6) is 6.79. The minimum atomic E-state index is 0.649. The molecule has 18 heavy (non-hydrogen) atoms. The summed E-state index contributed by atoms with van der Waals surface area (Å²) in [4.78, 5) is 8.90. The van der Waals surface area contributed by atoms with E-state index in [4.69, 9.17) is 5.84 Å². The third kappa shape index (κ3) is 2.65. The smallest absolute Gasteiger partial charge is 0.161 e. The van der Waals surface area contributed by atoms with Crippen molar-refractivity contribution in [2.75, 3.05) is 5.43 Å². The van der Waals surface area contributed by atoms with E-state index in [1.807, 2.05) is 18.2 Å². The van der Waals surface area contributed by atoms with E-state index >= 15 is 0 Å². The first-order valence-corrected chi connectivity index (χ1v) is 6.20. The second-order valence-electron chi connectivity index (χ2n) is 4.12. The first-order valence-electron chi connectivity index (χ1n) is 6.20. The number of nitrogens with zero attached hydrogens (tertiary/aromatic N) is 2. The summed E-state index contributed by atoms with van der Waals surface area (Å²) in [6, 6.07) is 10.2. The molecule has 0 saturated carbocycles. The summed E-state index contributed by atoms with van der Waals surface area (Å²) < 4.78 is 0. The second-order valence-corrected chi connectivity index (χ2v) is 4.12. The topological polar surface area (TPSA) is 63.8 Å². The van der Waals surface area contributed by atoms with E-state index in [0.717, 1.165) is 24.1 Å². The van der Waals surface area contributed by atoms with Gasteiger partial charge in [-0.3, -0.25) is 0 Å². The molecule has 0 unspecified atom stereocenters. The molecule has 0 atom stereocenters. The van der Waals surface area contributed by atoms with Gasteiger partial charge in [0.15, 0.2) is 5.82 Å². The number of nitrogen functional groups attached to an aromatic ring is 1. The van der Waals surface area contributed by atoms with Gasteiger partial charge in [0.25, 0.3) is 0 Å². The van der Waals surface area contributed by atoms with Gasteiger partial charge in [-0.2, -0.15) is 0 Å². The van der Waals surface area contributed by atoms with Crippen molar-refractivity contribution in [1.82, 2.24) is 9.97 Å². The summed E-state index contributed by atoms with van der Waals surface area (Å²) >= 11 is 0. The van der Waals surface area contributed by atoms with Gasteiger partial charge in [-0.05, 0) is 18.4 Å². The Labute approximate surface area is 107 Å². The van der Waals surface area contributed by atoms with Crippen molar-refractivity contribution < 1.29 is 0 Å². The second kappa shape index (κ2) is 5.60. The average Bonchev–Trinajstić information content (AvgIpc) is 2.46. The summed E-state index contributed by atoms with van der Waals surface area (Å²) in [5, 5.41) is 0. The fourth-order valence-corrected chi connectivity index (χ4v) is 1.77. The van der Waals surface area contributed by atoms with E-state index in [1.54, 1.807) is 0 Å². The Morgan fingerprint density at radius 2 is 1.78 bits per heavy atom. The maximum atomic E-state index is 5.43. The third-order valence-corrected chi connectivity index (χ3v) is 2.91. The number of nitrogens with two attached hydrogens (primary N) is 1. The zero-order valence-corrected chi connectivity index (χ0v) is 10.8. The van der Waals surface area contributed by atoms with Gasteiger partial charge in [0.2, 0.25) is 0 Å². The highest BCUT2D eigenvalue weighted by molar-refractivity contribution is 5.58. The summed E-state index contributed by atoms with van der Waals surface area (Å²) in [7, 11) is 0. The molecule has 0 fully saturated rings. The number of hydrazine groups is 1. The van der Waals surface area contributed by atoms with Gasteiger partial charge in [0, 0.05) is 17.3 Å². The van der Waals surface area contributed by atoms with Crippen LogP contribution in [0.25, 0.3) is 11.4 Å². The first kappa shape index (κ1) is 12.5. The van der Waals surface area contributed by atoms with Crippen LogP contribution >= 0.6 is 0 Å². The number of hydrogen-bond acceptors (Lipinski definition) is 4. The lowest BCUT2D eigenvalue weighted by Crippen LogP contribution is -2.10. The van der Waals surface area contributed by atoms with Gasteiger partial charge in [0.1, 0.15) is 5.82 Å². The van der Waals surface area contributed by atoms with E-state index in [2.05, 4.69) is 41.4 Å². The fraction of sp³-hybridized carbons (Fsp3) is 0.286. The van der Waals surface area contributed by atoms with Gasteiger partial charge in [-0.25, -0.2) is 15.8 Å². The van der Waals surface area contributed by atoms with E-state index in [-0.39, 0.29) is 0 Å². The SMILES string of the molecule is CCc1ccc(-c2nc(CC)cc(NN)n2)cc1. The van der Waals surface area contributed by atoms with Crippen LogP contribution in [0.15, 0.2) is 30.3 Å². The predicted octanol–water partition coefficient (Wildman–Crippen LogP) is 2.55. The lowest BCUT2D eigenvalue weighted by Gasteiger charge is -2.07.